The normalized spacial score (nSPS) is 10.4. The van der Waals surface area contributed by atoms with Crippen molar-refractivity contribution in [2.24, 2.45) is 5.73 Å². The summed E-state index contributed by atoms with van der Waals surface area (Å²) in [7, 11) is 1.39. The molecule has 0 saturated heterocycles. The number of anilines is 1. The molecule has 0 bridgehead atoms. The van der Waals surface area contributed by atoms with Crippen LogP contribution in [0.25, 0.3) is 0 Å². The zero-order valence-electron chi connectivity index (χ0n) is 17.0. The largest absolute Gasteiger partial charge is 0.493 e. The first-order valence-electron chi connectivity index (χ1n) is 9.18. The van der Waals surface area contributed by atoms with Crippen molar-refractivity contribution in [2.75, 3.05) is 19.0 Å². The number of hydrogen-bond donors (Lipinski definition) is 3. The monoisotopic (exact) mass is 433 g/mol. The van der Waals surface area contributed by atoms with Crippen LogP contribution >= 0.6 is 11.6 Å². The lowest BCUT2D eigenvalue weighted by Crippen LogP contribution is -2.31. The van der Waals surface area contributed by atoms with Gasteiger partial charge in [0.15, 0.2) is 18.1 Å². The molecule has 2 aromatic carbocycles. The van der Waals surface area contributed by atoms with Crippen molar-refractivity contribution >= 4 is 35.0 Å². The highest BCUT2D eigenvalue weighted by Crippen LogP contribution is 2.36. The van der Waals surface area contributed by atoms with Crippen LogP contribution in [0.5, 0.6) is 11.5 Å². The molecule has 0 saturated carbocycles. The van der Waals surface area contributed by atoms with Crippen LogP contribution in [-0.2, 0) is 16.0 Å². The fourth-order valence-corrected chi connectivity index (χ4v) is 2.87. The summed E-state index contributed by atoms with van der Waals surface area (Å²) >= 11 is 6.17. The first kappa shape index (κ1) is 23.0. The Balaban J connectivity index is 2.09. The van der Waals surface area contributed by atoms with E-state index in [2.05, 4.69) is 10.6 Å². The van der Waals surface area contributed by atoms with E-state index in [9.17, 15) is 14.4 Å². The van der Waals surface area contributed by atoms with Crippen LogP contribution in [0, 0.1) is 0 Å². The molecular weight excluding hydrogens is 410 g/mol. The molecule has 0 aliphatic carbocycles. The van der Waals surface area contributed by atoms with Gasteiger partial charge < -0.3 is 25.8 Å². The van der Waals surface area contributed by atoms with E-state index in [1.165, 1.54) is 19.2 Å². The fraction of sp³-hybridized carbons (Fsp3) is 0.286. The predicted octanol–water partition coefficient (Wildman–Crippen LogP) is 2.53. The second-order valence-electron chi connectivity index (χ2n) is 6.79. The summed E-state index contributed by atoms with van der Waals surface area (Å²) in [5.41, 5.74) is 6.69. The molecule has 30 heavy (non-hydrogen) atoms. The van der Waals surface area contributed by atoms with E-state index >= 15 is 0 Å². The van der Waals surface area contributed by atoms with Gasteiger partial charge in [-0.3, -0.25) is 14.4 Å². The lowest BCUT2D eigenvalue weighted by atomic mass is 10.1. The van der Waals surface area contributed by atoms with Crippen LogP contribution < -0.4 is 25.8 Å². The molecule has 0 heterocycles. The second-order valence-corrected chi connectivity index (χ2v) is 7.20. The number of halogens is 1. The Kier molecular flexibility index (Phi) is 8.06. The van der Waals surface area contributed by atoms with Crippen LogP contribution in [0.3, 0.4) is 0 Å². The summed E-state index contributed by atoms with van der Waals surface area (Å²) in [6.07, 6.45) is 0.256. The maximum Gasteiger partial charge on any atom is 0.255 e. The molecule has 0 aliphatic rings. The average molecular weight is 434 g/mol. The molecule has 0 fully saturated rings. The van der Waals surface area contributed by atoms with E-state index in [0.717, 1.165) is 5.56 Å². The molecule has 0 unspecified atom stereocenters. The minimum Gasteiger partial charge on any atom is -0.493 e. The van der Waals surface area contributed by atoms with Gasteiger partial charge in [-0.2, -0.15) is 0 Å². The van der Waals surface area contributed by atoms with Gasteiger partial charge in [0.2, 0.25) is 5.91 Å². The van der Waals surface area contributed by atoms with Crippen LogP contribution in [0.1, 0.15) is 29.8 Å². The van der Waals surface area contributed by atoms with E-state index in [1.54, 1.807) is 24.3 Å². The van der Waals surface area contributed by atoms with Gasteiger partial charge >= 0.3 is 0 Å². The highest BCUT2D eigenvalue weighted by Gasteiger charge is 2.17. The van der Waals surface area contributed by atoms with E-state index in [0.29, 0.717) is 5.69 Å². The summed E-state index contributed by atoms with van der Waals surface area (Å²) < 4.78 is 10.4. The molecule has 0 atom stereocenters. The Bertz CT molecular complexity index is 929. The van der Waals surface area contributed by atoms with Crippen molar-refractivity contribution in [3.05, 3.63) is 52.5 Å². The first-order chi connectivity index (χ1) is 14.2. The number of primary amides is 1. The quantitative estimate of drug-likeness (QED) is 0.561. The predicted molar refractivity (Wildman–Crippen MR) is 114 cm³/mol. The Morgan fingerprint density at radius 3 is 2.37 bits per heavy atom. The Morgan fingerprint density at radius 1 is 1.13 bits per heavy atom. The maximum atomic E-state index is 12.6. The van der Waals surface area contributed by atoms with Gasteiger partial charge in [-0.05, 0) is 43.7 Å². The van der Waals surface area contributed by atoms with Crippen LogP contribution in [-0.4, -0.2) is 37.5 Å². The van der Waals surface area contributed by atoms with E-state index in [4.69, 9.17) is 26.8 Å². The molecule has 0 spiro atoms. The number of rotatable bonds is 9. The van der Waals surface area contributed by atoms with Crippen LogP contribution in [0.15, 0.2) is 36.4 Å². The molecule has 2 aromatic rings. The number of carbonyl (C=O) groups is 3. The lowest BCUT2D eigenvalue weighted by molar-refractivity contribution is -0.121. The molecule has 0 aliphatic heterocycles. The van der Waals surface area contributed by atoms with Gasteiger partial charge in [0, 0.05) is 17.3 Å². The maximum absolute atomic E-state index is 12.6. The van der Waals surface area contributed by atoms with Gasteiger partial charge in [-0.15, -0.1) is 0 Å². The Labute approximate surface area is 179 Å². The highest BCUT2D eigenvalue weighted by molar-refractivity contribution is 6.32. The zero-order valence-corrected chi connectivity index (χ0v) is 17.7. The number of nitrogens with one attached hydrogen (secondary N) is 2. The molecule has 4 N–H and O–H groups in total. The number of amides is 3. The van der Waals surface area contributed by atoms with Gasteiger partial charge in [-0.1, -0.05) is 23.7 Å². The molecule has 2 rings (SSSR count). The molecule has 9 heteroatoms. The number of hydrogen-bond acceptors (Lipinski definition) is 5. The number of methoxy groups -OCH3 is 1. The number of nitrogens with two attached hydrogens (primary N) is 1. The van der Waals surface area contributed by atoms with Gasteiger partial charge in [0.25, 0.3) is 11.8 Å². The van der Waals surface area contributed by atoms with Gasteiger partial charge in [0.05, 0.1) is 18.6 Å². The molecule has 160 valence electrons. The van der Waals surface area contributed by atoms with Gasteiger partial charge in [0.1, 0.15) is 0 Å². The number of ether oxygens (including phenoxy) is 2. The lowest BCUT2D eigenvalue weighted by Gasteiger charge is -2.13. The smallest absolute Gasteiger partial charge is 0.255 e. The van der Waals surface area contributed by atoms with Crippen molar-refractivity contribution in [2.45, 2.75) is 26.3 Å². The SMILES string of the molecule is COc1cc(C(=O)Nc2ccc(CC(=O)NC(C)C)cc2)cc(Cl)c1OCC(N)=O. The first-order valence-corrected chi connectivity index (χ1v) is 9.55. The summed E-state index contributed by atoms with van der Waals surface area (Å²) in [5.74, 6) is -0.830. The molecule has 0 aromatic heterocycles. The van der Waals surface area contributed by atoms with Crippen LogP contribution in [0.2, 0.25) is 5.02 Å². The minimum atomic E-state index is -0.667. The third-order valence-corrected chi connectivity index (χ3v) is 4.16. The van der Waals surface area contributed by atoms with Crippen LogP contribution in [0.4, 0.5) is 5.69 Å². The molecule has 3 amide bonds. The number of benzene rings is 2. The minimum absolute atomic E-state index is 0.0674. The van der Waals surface area contributed by atoms with Crippen molar-refractivity contribution in [3.8, 4) is 11.5 Å². The summed E-state index contributed by atoms with van der Waals surface area (Å²) in [4.78, 5) is 35.3. The third-order valence-electron chi connectivity index (χ3n) is 3.88. The fourth-order valence-electron chi connectivity index (χ4n) is 2.60. The number of carbonyl (C=O) groups excluding carboxylic acids is 3. The Morgan fingerprint density at radius 2 is 1.80 bits per heavy atom. The average Bonchev–Trinajstić information content (AvgIpc) is 2.67. The zero-order chi connectivity index (χ0) is 22.3. The van der Waals surface area contributed by atoms with Crippen molar-refractivity contribution < 1.29 is 23.9 Å². The highest BCUT2D eigenvalue weighted by atomic mass is 35.5. The van der Waals surface area contributed by atoms with Crippen molar-refractivity contribution in [1.82, 2.24) is 5.32 Å². The molecular formula is C21H24ClN3O5. The summed E-state index contributed by atoms with van der Waals surface area (Å²) in [6, 6.07) is 9.88. The summed E-state index contributed by atoms with van der Waals surface area (Å²) in [6.45, 7) is 3.42. The third kappa shape index (κ3) is 6.66. The standard InChI is InChI=1S/C21H24ClN3O5/c1-12(2)24-19(27)8-13-4-6-15(7-5-13)25-21(28)14-9-16(22)20(17(10-14)29-3)30-11-18(23)26/h4-7,9-10,12H,8,11H2,1-3H3,(H2,23,26)(H,24,27)(H,25,28). The molecule has 0 radical (unpaired) electrons. The Hall–Kier alpha value is -3.26. The van der Waals surface area contributed by atoms with Crippen molar-refractivity contribution in [3.63, 3.8) is 0 Å². The second kappa shape index (κ2) is 10.5. The molecule has 8 nitrogen and oxygen atoms in total. The van der Waals surface area contributed by atoms with E-state index in [-0.39, 0.29) is 47.1 Å². The topological polar surface area (TPSA) is 120 Å². The van der Waals surface area contributed by atoms with Crippen molar-refractivity contribution in [1.29, 1.82) is 0 Å². The summed E-state index contributed by atoms with van der Waals surface area (Å²) in [5, 5.41) is 5.68. The van der Waals surface area contributed by atoms with E-state index < -0.39 is 11.8 Å². The van der Waals surface area contributed by atoms with Gasteiger partial charge in [-0.25, -0.2) is 0 Å². The van der Waals surface area contributed by atoms with E-state index in [1.807, 2.05) is 13.8 Å².